The van der Waals surface area contributed by atoms with Crippen molar-refractivity contribution in [1.29, 1.82) is 0 Å². The lowest BCUT2D eigenvalue weighted by molar-refractivity contribution is 0.882. The molecule has 1 aliphatic rings. The number of imidazole rings is 2. The Kier molecular flexibility index (Phi) is 4.50. The number of rotatable bonds is 6. The Morgan fingerprint density at radius 2 is 1.94 bits per heavy atom. The molecule has 1 saturated carbocycles. The third-order valence-electron chi connectivity index (χ3n) is 5.92. The number of nitrogens with zero attached hydrogens (tertiary/aromatic N) is 5. The van der Waals surface area contributed by atoms with E-state index in [1.54, 1.807) is 0 Å². The lowest BCUT2D eigenvalue weighted by Crippen LogP contribution is -2.06. The summed E-state index contributed by atoms with van der Waals surface area (Å²) >= 11 is 6.35. The quantitative estimate of drug-likeness (QED) is 0.362. The summed E-state index contributed by atoms with van der Waals surface area (Å²) in [5.74, 6) is 1.54. The maximum Gasteiger partial charge on any atom is 0.208 e. The molecule has 0 spiro atoms. The van der Waals surface area contributed by atoms with Crippen LogP contribution in [0, 0.1) is 5.92 Å². The lowest BCUT2D eigenvalue weighted by Gasteiger charge is -2.09. The van der Waals surface area contributed by atoms with Gasteiger partial charge in [0.25, 0.3) is 0 Å². The summed E-state index contributed by atoms with van der Waals surface area (Å²) in [5.41, 5.74) is 6.52. The van der Waals surface area contributed by atoms with Crippen molar-refractivity contribution in [2.75, 3.05) is 17.2 Å². The van der Waals surface area contributed by atoms with Crippen molar-refractivity contribution in [3.63, 3.8) is 0 Å². The van der Waals surface area contributed by atoms with Crippen LogP contribution in [0.5, 0.6) is 0 Å². The van der Waals surface area contributed by atoms with E-state index in [1.165, 1.54) is 12.8 Å². The first-order valence-electron chi connectivity index (χ1n) is 10.7. The van der Waals surface area contributed by atoms with E-state index in [0.29, 0.717) is 5.15 Å². The van der Waals surface area contributed by atoms with E-state index < -0.39 is 0 Å². The molecule has 1 fully saturated rings. The van der Waals surface area contributed by atoms with Gasteiger partial charge in [-0.1, -0.05) is 35.9 Å². The van der Waals surface area contributed by atoms with Crippen LogP contribution in [0.2, 0.25) is 5.15 Å². The molecule has 3 aromatic heterocycles. The fourth-order valence-electron chi connectivity index (χ4n) is 3.95. The van der Waals surface area contributed by atoms with E-state index >= 15 is 0 Å². The predicted molar refractivity (Wildman–Crippen MR) is 129 cm³/mol. The van der Waals surface area contributed by atoms with Gasteiger partial charge < -0.3 is 15.2 Å². The summed E-state index contributed by atoms with van der Waals surface area (Å²) in [4.78, 5) is 9.39. The van der Waals surface area contributed by atoms with Gasteiger partial charge in [0.15, 0.2) is 10.8 Å². The van der Waals surface area contributed by atoms with E-state index in [-0.39, 0.29) is 0 Å². The van der Waals surface area contributed by atoms with E-state index in [2.05, 4.69) is 31.3 Å². The molecular weight excluding hydrogens is 422 g/mol. The van der Waals surface area contributed by atoms with Gasteiger partial charge in [0.05, 0.1) is 28.6 Å². The number of hydrogen-bond donors (Lipinski definition) is 2. The topological polar surface area (TPSA) is 72.1 Å². The van der Waals surface area contributed by atoms with Crippen LogP contribution < -0.4 is 10.6 Å². The molecule has 2 aromatic carbocycles. The summed E-state index contributed by atoms with van der Waals surface area (Å²) in [7, 11) is 2.01. The van der Waals surface area contributed by atoms with Gasteiger partial charge in [-0.25, -0.2) is 14.5 Å². The Labute approximate surface area is 190 Å². The first-order chi connectivity index (χ1) is 15.7. The van der Waals surface area contributed by atoms with Gasteiger partial charge in [0.2, 0.25) is 5.95 Å². The monoisotopic (exact) mass is 443 g/mol. The van der Waals surface area contributed by atoms with Crippen molar-refractivity contribution in [2.45, 2.75) is 12.8 Å². The molecule has 2 N–H and O–H groups in total. The largest absolute Gasteiger partial charge is 0.382 e. The Balaban J connectivity index is 1.39. The maximum atomic E-state index is 6.35. The number of nitrogens with one attached hydrogen (secondary N) is 2. The number of benzene rings is 2. The Bertz CT molecular complexity index is 1430. The fourth-order valence-corrected chi connectivity index (χ4v) is 4.14. The second kappa shape index (κ2) is 7.53. The SMILES string of the molecule is Cn1c(Nc2ccccc2)nc2ccc(-c3cnc4c(NCC5CC5)cc(Cl)nn34)cc21. The number of hydrogen-bond acceptors (Lipinski definition) is 5. The zero-order valence-electron chi connectivity index (χ0n) is 17.6. The van der Waals surface area contributed by atoms with Gasteiger partial charge in [-0.3, -0.25) is 0 Å². The van der Waals surface area contributed by atoms with E-state index in [9.17, 15) is 0 Å². The molecule has 3 heterocycles. The van der Waals surface area contributed by atoms with E-state index in [0.717, 1.165) is 57.7 Å². The predicted octanol–water partition coefficient (Wildman–Crippen LogP) is 5.50. The first kappa shape index (κ1) is 19.1. The van der Waals surface area contributed by atoms with Crippen LogP contribution in [-0.4, -0.2) is 30.7 Å². The molecule has 160 valence electrons. The Morgan fingerprint density at radius 3 is 2.75 bits per heavy atom. The van der Waals surface area contributed by atoms with Gasteiger partial charge in [-0.05, 0) is 43.0 Å². The first-order valence-corrected chi connectivity index (χ1v) is 11.1. The van der Waals surface area contributed by atoms with Crippen molar-refractivity contribution in [1.82, 2.24) is 24.1 Å². The molecule has 0 amide bonds. The molecule has 6 rings (SSSR count). The van der Waals surface area contributed by atoms with Crippen LogP contribution >= 0.6 is 11.6 Å². The summed E-state index contributed by atoms with van der Waals surface area (Å²) < 4.78 is 3.87. The van der Waals surface area contributed by atoms with Gasteiger partial charge in [-0.15, -0.1) is 0 Å². The number of aromatic nitrogens is 5. The van der Waals surface area contributed by atoms with Crippen molar-refractivity contribution in [2.24, 2.45) is 13.0 Å². The van der Waals surface area contributed by atoms with Crippen molar-refractivity contribution in [3.8, 4) is 11.3 Å². The smallest absolute Gasteiger partial charge is 0.208 e. The van der Waals surface area contributed by atoms with Gasteiger partial charge in [0, 0.05) is 30.9 Å². The molecule has 0 saturated heterocycles. The standard InChI is InChI=1S/C24H22ClN7/c1-31-20-11-16(9-10-18(20)29-24(31)28-17-5-3-2-4-6-17)21-14-27-23-19(26-13-15-7-8-15)12-22(25)30-32(21)23/h2-6,9-12,14-15,26H,7-8,13H2,1H3,(H,28,29). The molecule has 0 bridgehead atoms. The number of halogens is 1. The maximum absolute atomic E-state index is 6.35. The molecule has 5 aromatic rings. The van der Waals surface area contributed by atoms with E-state index in [4.69, 9.17) is 16.6 Å². The fraction of sp³-hybridized carbons (Fsp3) is 0.208. The molecule has 8 heteroatoms. The minimum Gasteiger partial charge on any atom is -0.382 e. The van der Waals surface area contributed by atoms with Crippen LogP contribution in [-0.2, 0) is 7.05 Å². The highest BCUT2D eigenvalue weighted by atomic mass is 35.5. The van der Waals surface area contributed by atoms with Crippen LogP contribution in [0.15, 0.2) is 60.8 Å². The second-order valence-corrected chi connectivity index (χ2v) is 8.66. The Morgan fingerprint density at radius 1 is 1.09 bits per heavy atom. The van der Waals surface area contributed by atoms with Crippen molar-refractivity contribution in [3.05, 3.63) is 65.9 Å². The molecule has 0 radical (unpaired) electrons. The average molecular weight is 444 g/mol. The Hall–Kier alpha value is -3.58. The third kappa shape index (κ3) is 3.44. The van der Waals surface area contributed by atoms with Gasteiger partial charge in [0.1, 0.15) is 0 Å². The van der Waals surface area contributed by atoms with Gasteiger partial charge in [-0.2, -0.15) is 5.10 Å². The zero-order chi connectivity index (χ0) is 21.7. The molecule has 7 nitrogen and oxygen atoms in total. The minimum atomic E-state index is 0.436. The number of fused-ring (bicyclic) bond motifs is 2. The lowest BCUT2D eigenvalue weighted by atomic mass is 10.1. The summed E-state index contributed by atoms with van der Waals surface area (Å²) in [5, 5.41) is 11.8. The third-order valence-corrected chi connectivity index (χ3v) is 6.11. The number of aryl methyl sites for hydroxylation is 1. The normalized spacial score (nSPS) is 13.7. The molecule has 0 atom stereocenters. The van der Waals surface area contributed by atoms with Crippen LogP contribution in [0.25, 0.3) is 27.9 Å². The average Bonchev–Trinajstić information content (AvgIpc) is 3.47. The van der Waals surface area contributed by atoms with E-state index in [1.807, 2.05) is 66.3 Å². The summed E-state index contributed by atoms with van der Waals surface area (Å²) in [6.07, 6.45) is 4.42. The number of anilines is 3. The van der Waals surface area contributed by atoms with Crippen LogP contribution in [0.3, 0.4) is 0 Å². The van der Waals surface area contributed by atoms with Gasteiger partial charge >= 0.3 is 0 Å². The molecule has 32 heavy (non-hydrogen) atoms. The van der Waals surface area contributed by atoms with Crippen LogP contribution in [0.4, 0.5) is 17.3 Å². The van der Waals surface area contributed by atoms with Crippen molar-refractivity contribution >= 4 is 45.6 Å². The summed E-state index contributed by atoms with van der Waals surface area (Å²) in [6, 6.07) is 18.1. The highest BCUT2D eigenvalue weighted by Gasteiger charge is 2.22. The second-order valence-electron chi connectivity index (χ2n) is 8.27. The van der Waals surface area contributed by atoms with Crippen molar-refractivity contribution < 1.29 is 0 Å². The highest BCUT2D eigenvalue weighted by molar-refractivity contribution is 6.29. The number of para-hydroxylation sites is 1. The molecule has 0 aliphatic heterocycles. The summed E-state index contributed by atoms with van der Waals surface area (Å²) in [6.45, 7) is 0.941. The molecule has 1 aliphatic carbocycles. The highest BCUT2D eigenvalue weighted by Crippen LogP contribution is 2.32. The molecule has 0 unspecified atom stereocenters. The molecular formula is C24H22ClN7. The zero-order valence-corrected chi connectivity index (χ0v) is 18.3. The van der Waals surface area contributed by atoms with Crippen LogP contribution in [0.1, 0.15) is 12.8 Å². The minimum absolute atomic E-state index is 0.436.